The summed E-state index contributed by atoms with van der Waals surface area (Å²) in [7, 11) is 1.62. The predicted octanol–water partition coefficient (Wildman–Crippen LogP) is 1.88. The molecule has 0 radical (unpaired) electrons. The topological polar surface area (TPSA) is 87.6 Å². The molecule has 144 valence electrons. The van der Waals surface area contributed by atoms with Gasteiger partial charge in [-0.15, -0.1) is 0 Å². The van der Waals surface area contributed by atoms with Crippen molar-refractivity contribution in [2.75, 3.05) is 24.4 Å². The number of hydrogen-bond acceptors (Lipinski definition) is 6. The van der Waals surface area contributed by atoms with E-state index in [0.717, 1.165) is 15.9 Å². The van der Waals surface area contributed by atoms with Crippen LogP contribution in [0.25, 0.3) is 5.65 Å². The van der Waals surface area contributed by atoms with Crippen LogP contribution >= 0.6 is 15.9 Å². The molecular formula is C18H24BrN6O2+. The third-order valence-corrected chi connectivity index (χ3v) is 4.84. The van der Waals surface area contributed by atoms with Gasteiger partial charge >= 0.3 is 0 Å². The van der Waals surface area contributed by atoms with Gasteiger partial charge in [0.15, 0.2) is 5.65 Å². The molecule has 3 aromatic rings. The second-order valence-corrected chi connectivity index (χ2v) is 7.39. The number of fused-ring (bicyclic) bond motifs is 1. The number of aromatic nitrogens is 4. The monoisotopic (exact) mass is 435 g/mol. The lowest BCUT2D eigenvalue weighted by molar-refractivity contribution is -0.885. The van der Waals surface area contributed by atoms with Crippen molar-refractivity contribution in [3.05, 3.63) is 46.8 Å². The second kappa shape index (κ2) is 8.53. The van der Waals surface area contributed by atoms with Crippen LogP contribution in [0.15, 0.2) is 41.3 Å². The standard InChI is InChI=1S/C18H24BrN6O2/c1-12(2)15(11-26)22-16-7-17(25-18(23-16)14(19)9-21-25)20-8-13-5-4-6-24(10-13)27-3/h4-7,9-10,12,15,20,26H,8,11H2,1-3H3,(H,22,23)/q+1. The van der Waals surface area contributed by atoms with Crippen LogP contribution in [-0.2, 0) is 6.54 Å². The lowest BCUT2D eigenvalue weighted by Gasteiger charge is -2.21. The minimum atomic E-state index is -0.0794. The molecular weight excluding hydrogens is 412 g/mol. The summed E-state index contributed by atoms with van der Waals surface area (Å²) < 4.78 is 4.19. The molecule has 0 aliphatic rings. The fraction of sp³-hybridized carbons (Fsp3) is 0.389. The largest absolute Gasteiger partial charge is 0.394 e. The summed E-state index contributed by atoms with van der Waals surface area (Å²) in [6.07, 6.45) is 5.45. The molecule has 1 unspecified atom stereocenters. The highest BCUT2D eigenvalue weighted by atomic mass is 79.9. The normalized spacial score (nSPS) is 12.4. The van der Waals surface area contributed by atoms with E-state index in [9.17, 15) is 5.11 Å². The van der Waals surface area contributed by atoms with Gasteiger partial charge in [0.1, 0.15) is 18.7 Å². The van der Waals surface area contributed by atoms with Crippen molar-refractivity contribution in [1.82, 2.24) is 14.6 Å². The van der Waals surface area contributed by atoms with Gasteiger partial charge in [0, 0.05) is 29.0 Å². The highest BCUT2D eigenvalue weighted by molar-refractivity contribution is 9.10. The van der Waals surface area contributed by atoms with Crippen molar-refractivity contribution in [2.45, 2.75) is 26.4 Å². The summed E-state index contributed by atoms with van der Waals surface area (Å²) in [5.41, 5.74) is 1.75. The zero-order valence-corrected chi connectivity index (χ0v) is 17.1. The Balaban J connectivity index is 1.88. The highest BCUT2D eigenvalue weighted by Crippen LogP contribution is 2.23. The van der Waals surface area contributed by atoms with E-state index in [1.165, 1.54) is 0 Å². The summed E-state index contributed by atoms with van der Waals surface area (Å²) in [6, 6.07) is 5.75. The summed E-state index contributed by atoms with van der Waals surface area (Å²) in [4.78, 5) is 9.81. The average Bonchev–Trinajstić information content (AvgIpc) is 3.05. The van der Waals surface area contributed by atoms with E-state index in [-0.39, 0.29) is 18.6 Å². The Hall–Kier alpha value is -2.39. The lowest BCUT2D eigenvalue weighted by Crippen LogP contribution is -2.40. The van der Waals surface area contributed by atoms with Gasteiger partial charge < -0.3 is 15.7 Å². The van der Waals surface area contributed by atoms with E-state index < -0.39 is 0 Å². The maximum Gasteiger partial charge on any atom is 0.227 e. The molecule has 0 aliphatic carbocycles. The Labute approximate surface area is 166 Å². The van der Waals surface area contributed by atoms with E-state index >= 15 is 0 Å². The number of nitrogens with zero attached hydrogens (tertiary/aromatic N) is 4. The third kappa shape index (κ3) is 4.48. The third-order valence-electron chi connectivity index (χ3n) is 4.28. The molecule has 3 heterocycles. The van der Waals surface area contributed by atoms with Crippen LogP contribution in [-0.4, -0.2) is 39.5 Å². The molecule has 0 spiro atoms. The van der Waals surface area contributed by atoms with Crippen LogP contribution < -0.4 is 20.2 Å². The number of anilines is 2. The Morgan fingerprint density at radius 3 is 2.93 bits per heavy atom. The zero-order valence-electron chi connectivity index (χ0n) is 15.6. The van der Waals surface area contributed by atoms with Gasteiger partial charge in [-0.2, -0.15) is 9.61 Å². The molecule has 0 amide bonds. The first-order valence-electron chi connectivity index (χ1n) is 8.72. The van der Waals surface area contributed by atoms with Gasteiger partial charge in [0.25, 0.3) is 0 Å². The fourth-order valence-electron chi connectivity index (χ4n) is 2.66. The van der Waals surface area contributed by atoms with E-state index in [1.807, 2.05) is 30.6 Å². The first-order valence-corrected chi connectivity index (χ1v) is 9.51. The maximum absolute atomic E-state index is 9.61. The molecule has 0 bridgehead atoms. The Bertz CT molecular complexity index is 914. The quantitative estimate of drug-likeness (QED) is 0.468. The number of aliphatic hydroxyl groups excluding tert-OH is 1. The van der Waals surface area contributed by atoms with Crippen LogP contribution in [0.4, 0.5) is 11.6 Å². The zero-order chi connectivity index (χ0) is 19.4. The molecule has 9 heteroatoms. The van der Waals surface area contributed by atoms with E-state index in [2.05, 4.69) is 50.5 Å². The molecule has 3 N–H and O–H groups in total. The minimum Gasteiger partial charge on any atom is -0.394 e. The van der Waals surface area contributed by atoms with Gasteiger partial charge in [-0.05, 0) is 27.9 Å². The number of nitrogens with one attached hydrogen (secondary N) is 2. The summed E-state index contributed by atoms with van der Waals surface area (Å²) >= 11 is 3.49. The number of pyridine rings is 1. The molecule has 0 aromatic carbocycles. The molecule has 3 rings (SSSR count). The molecule has 27 heavy (non-hydrogen) atoms. The second-order valence-electron chi connectivity index (χ2n) is 6.54. The van der Waals surface area contributed by atoms with Gasteiger partial charge in [-0.25, -0.2) is 4.98 Å². The van der Waals surface area contributed by atoms with Crippen molar-refractivity contribution in [3.63, 3.8) is 0 Å². The van der Waals surface area contributed by atoms with Crippen molar-refractivity contribution in [2.24, 2.45) is 5.92 Å². The van der Waals surface area contributed by atoms with Crippen LogP contribution in [0.1, 0.15) is 19.4 Å². The first kappa shape index (κ1) is 19.4. The molecule has 0 aliphatic heterocycles. The smallest absolute Gasteiger partial charge is 0.227 e. The fourth-order valence-corrected chi connectivity index (χ4v) is 3.01. The molecule has 0 saturated carbocycles. The van der Waals surface area contributed by atoms with Crippen molar-refractivity contribution in [3.8, 4) is 0 Å². The van der Waals surface area contributed by atoms with Crippen LogP contribution in [0.2, 0.25) is 0 Å². The molecule has 0 fully saturated rings. The van der Waals surface area contributed by atoms with Gasteiger partial charge in [0.05, 0.1) is 23.3 Å². The van der Waals surface area contributed by atoms with Crippen molar-refractivity contribution in [1.29, 1.82) is 0 Å². The van der Waals surface area contributed by atoms with Crippen LogP contribution in [0, 0.1) is 5.92 Å². The van der Waals surface area contributed by atoms with Crippen molar-refractivity contribution >= 4 is 33.2 Å². The van der Waals surface area contributed by atoms with Gasteiger partial charge in [0.2, 0.25) is 12.4 Å². The average molecular weight is 436 g/mol. The van der Waals surface area contributed by atoms with E-state index in [1.54, 1.807) is 22.6 Å². The molecule has 1 atom stereocenters. The molecule has 3 aromatic heterocycles. The first-order chi connectivity index (χ1) is 13.0. The highest BCUT2D eigenvalue weighted by Gasteiger charge is 2.16. The number of halogens is 1. The van der Waals surface area contributed by atoms with Crippen molar-refractivity contribution < 1.29 is 14.7 Å². The van der Waals surface area contributed by atoms with Gasteiger partial charge in [-0.1, -0.05) is 13.8 Å². The number of hydrogen-bond donors (Lipinski definition) is 3. The molecule has 8 nitrogen and oxygen atoms in total. The summed E-state index contributed by atoms with van der Waals surface area (Å²) in [6.45, 7) is 4.74. The Morgan fingerprint density at radius 1 is 1.41 bits per heavy atom. The van der Waals surface area contributed by atoms with Gasteiger partial charge in [-0.3, -0.25) is 4.84 Å². The number of aliphatic hydroxyl groups is 1. The molecule has 0 saturated heterocycles. The summed E-state index contributed by atoms with van der Waals surface area (Å²) in [5.74, 6) is 1.74. The van der Waals surface area contributed by atoms with E-state index in [0.29, 0.717) is 18.0 Å². The SMILES string of the molecule is CO[n+]1cccc(CNc2cc(NC(CO)C(C)C)nc3c(Br)cnn23)c1. The lowest BCUT2D eigenvalue weighted by atomic mass is 10.1. The van der Waals surface area contributed by atoms with E-state index in [4.69, 9.17) is 4.84 Å². The Kier molecular flexibility index (Phi) is 6.12. The summed E-state index contributed by atoms with van der Waals surface area (Å²) in [5, 5.41) is 20.7. The maximum atomic E-state index is 9.61. The minimum absolute atomic E-state index is 0.0365. The predicted molar refractivity (Wildman–Crippen MR) is 106 cm³/mol. The van der Waals surface area contributed by atoms with Crippen LogP contribution in [0.5, 0.6) is 0 Å². The van der Waals surface area contributed by atoms with Crippen LogP contribution in [0.3, 0.4) is 0 Å². The Morgan fingerprint density at radius 2 is 2.22 bits per heavy atom. The number of rotatable bonds is 8.